The van der Waals surface area contributed by atoms with E-state index in [-0.39, 0.29) is 6.04 Å². The molecule has 2 N–H and O–H groups in total. The van der Waals surface area contributed by atoms with Crippen LogP contribution in [-0.4, -0.2) is 10.1 Å². The SMILES string of the molecule is NC(c1noc(-c2ccc(Br)o2)n1)C1CC1. The maximum absolute atomic E-state index is 5.97. The summed E-state index contributed by atoms with van der Waals surface area (Å²) in [6.07, 6.45) is 2.30. The molecule has 0 bridgehead atoms. The third kappa shape index (κ3) is 1.78. The molecule has 0 spiro atoms. The standard InChI is InChI=1S/C10H10BrN3O2/c11-7-4-3-6(15-7)10-13-9(14-16-10)8(12)5-1-2-5/h3-5,8H,1-2,12H2. The second-order valence-corrected chi connectivity index (χ2v) is 4.71. The molecule has 1 unspecified atom stereocenters. The molecule has 1 fully saturated rings. The molecule has 2 aromatic heterocycles. The lowest BCUT2D eigenvalue weighted by molar-refractivity contribution is 0.399. The molecule has 2 heterocycles. The average molecular weight is 284 g/mol. The van der Waals surface area contributed by atoms with Crippen molar-refractivity contribution in [2.75, 3.05) is 0 Å². The van der Waals surface area contributed by atoms with Crippen molar-refractivity contribution in [1.29, 1.82) is 0 Å². The van der Waals surface area contributed by atoms with Gasteiger partial charge in [-0.15, -0.1) is 0 Å². The maximum atomic E-state index is 5.97. The zero-order valence-electron chi connectivity index (χ0n) is 8.39. The second kappa shape index (κ2) is 3.71. The summed E-state index contributed by atoms with van der Waals surface area (Å²) >= 11 is 3.22. The van der Waals surface area contributed by atoms with Crippen molar-refractivity contribution in [2.45, 2.75) is 18.9 Å². The number of aromatic nitrogens is 2. The molecule has 1 aliphatic carbocycles. The van der Waals surface area contributed by atoms with Gasteiger partial charge in [0.25, 0.3) is 5.89 Å². The van der Waals surface area contributed by atoms with E-state index < -0.39 is 0 Å². The summed E-state index contributed by atoms with van der Waals surface area (Å²) in [5, 5.41) is 3.88. The number of hydrogen-bond acceptors (Lipinski definition) is 5. The van der Waals surface area contributed by atoms with Crippen LogP contribution in [0.25, 0.3) is 11.7 Å². The van der Waals surface area contributed by atoms with Gasteiger partial charge < -0.3 is 14.7 Å². The van der Waals surface area contributed by atoms with E-state index in [1.165, 1.54) is 0 Å². The van der Waals surface area contributed by atoms with Gasteiger partial charge in [-0.2, -0.15) is 4.98 Å². The van der Waals surface area contributed by atoms with Gasteiger partial charge in [0.2, 0.25) is 0 Å². The smallest absolute Gasteiger partial charge is 0.293 e. The Morgan fingerprint density at radius 3 is 2.88 bits per heavy atom. The van der Waals surface area contributed by atoms with Crippen LogP contribution in [-0.2, 0) is 0 Å². The molecule has 6 heteroatoms. The molecule has 3 rings (SSSR count). The predicted molar refractivity (Wildman–Crippen MR) is 59.4 cm³/mol. The molecule has 0 radical (unpaired) electrons. The lowest BCUT2D eigenvalue weighted by Crippen LogP contribution is -2.13. The van der Waals surface area contributed by atoms with Crippen molar-refractivity contribution in [3.63, 3.8) is 0 Å². The van der Waals surface area contributed by atoms with Crippen LogP contribution in [0.4, 0.5) is 0 Å². The van der Waals surface area contributed by atoms with E-state index in [0.717, 1.165) is 12.8 Å². The highest BCUT2D eigenvalue weighted by Crippen LogP contribution is 2.38. The Kier molecular flexibility index (Phi) is 2.33. The van der Waals surface area contributed by atoms with E-state index in [4.69, 9.17) is 14.7 Å². The minimum Gasteiger partial charge on any atom is -0.444 e. The number of hydrogen-bond donors (Lipinski definition) is 1. The lowest BCUT2D eigenvalue weighted by Gasteiger charge is -2.01. The summed E-state index contributed by atoms with van der Waals surface area (Å²) in [7, 11) is 0. The van der Waals surface area contributed by atoms with Gasteiger partial charge >= 0.3 is 0 Å². The summed E-state index contributed by atoms with van der Waals surface area (Å²) in [6.45, 7) is 0. The second-order valence-electron chi connectivity index (χ2n) is 3.92. The molecule has 0 aromatic carbocycles. The van der Waals surface area contributed by atoms with Crippen LogP contribution in [0.3, 0.4) is 0 Å². The van der Waals surface area contributed by atoms with Gasteiger partial charge in [-0.05, 0) is 46.8 Å². The number of nitrogens with two attached hydrogens (primary N) is 1. The van der Waals surface area contributed by atoms with E-state index in [1.54, 1.807) is 12.1 Å². The van der Waals surface area contributed by atoms with Gasteiger partial charge in [0.1, 0.15) is 0 Å². The molecule has 2 aromatic rings. The van der Waals surface area contributed by atoms with Gasteiger partial charge in [-0.25, -0.2) is 0 Å². The molecular weight excluding hydrogens is 274 g/mol. The minimum atomic E-state index is -0.115. The summed E-state index contributed by atoms with van der Waals surface area (Å²) in [5.74, 6) is 1.99. The zero-order valence-corrected chi connectivity index (χ0v) is 9.98. The van der Waals surface area contributed by atoms with Crippen LogP contribution in [0.1, 0.15) is 24.7 Å². The first-order chi connectivity index (χ1) is 7.74. The van der Waals surface area contributed by atoms with Crippen molar-refractivity contribution in [3.8, 4) is 11.7 Å². The van der Waals surface area contributed by atoms with Crippen LogP contribution in [0, 0.1) is 5.92 Å². The third-order valence-electron chi connectivity index (χ3n) is 2.65. The molecule has 0 saturated heterocycles. The third-order valence-corrected chi connectivity index (χ3v) is 3.08. The normalized spacial score (nSPS) is 17.6. The molecule has 0 amide bonds. The molecule has 1 aliphatic rings. The fraction of sp³-hybridized carbons (Fsp3) is 0.400. The monoisotopic (exact) mass is 283 g/mol. The topological polar surface area (TPSA) is 78.1 Å². The molecule has 84 valence electrons. The van der Waals surface area contributed by atoms with Crippen LogP contribution in [0.15, 0.2) is 25.7 Å². The van der Waals surface area contributed by atoms with Crippen molar-refractivity contribution < 1.29 is 8.94 Å². The van der Waals surface area contributed by atoms with E-state index in [9.17, 15) is 0 Å². The highest BCUT2D eigenvalue weighted by molar-refractivity contribution is 9.10. The first-order valence-electron chi connectivity index (χ1n) is 5.09. The summed E-state index contributed by atoms with van der Waals surface area (Å²) in [4.78, 5) is 4.24. The zero-order chi connectivity index (χ0) is 11.1. The van der Waals surface area contributed by atoms with Gasteiger partial charge in [0.15, 0.2) is 16.3 Å². The summed E-state index contributed by atoms with van der Waals surface area (Å²) in [5.41, 5.74) is 5.97. The molecule has 0 aliphatic heterocycles. The highest BCUT2D eigenvalue weighted by atomic mass is 79.9. The average Bonchev–Trinajstić information content (AvgIpc) is 2.84. The Morgan fingerprint density at radius 2 is 2.25 bits per heavy atom. The predicted octanol–water partition coefficient (Wildman–Crippen LogP) is 2.50. The van der Waals surface area contributed by atoms with E-state index in [0.29, 0.717) is 28.1 Å². The van der Waals surface area contributed by atoms with Gasteiger partial charge in [0, 0.05) is 0 Å². The van der Waals surface area contributed by atoms with E-state index >= 15 is 0 Å². The lowest BCUT2D eigenvalue weighted by atomic mass is 10.2. The Labute approximate surface area is 100 Å². The fourth-order valence-electron chi connectivity index (χ4n) is 1.57. The summed E-state index contributed by atoms with van der Waals surface area (Å²) in [6, 6.07) is 3.43. The van der Waals surface area contributed by atoms with Crippen LogP contribution in [0.2, 0.25) is 0 Å². The Hall–Kier alpha value is -1.14. The van der Waals surface area contributed by atoms with Crippen molar-refractivity contribution in [2.24, 2.45) is 11.7 Å². The molecule has 5 nitrogen and oxygen atoms in total. The Morgan fingerprint density at radius 1 is 1.44 bits per heavy atom. The number of nitrogens with zero attached hydrogens (tertiary/aromatic N) is 2. The summed E-state index contributed by atoms with van der Waals surface area (Å²) < 4.78 is 11.1. The Balaban J connectivity index is 1.86. The van der Waals surface area contributed by atoms with Crippen LogP contribution < -0.4 is 5.73 Å². The fourth-order valence-corrected chi connectivity index (χ4v) is 1.87. The van der Waals surface area contributed by atoms with E-state index in [2.05, 4.69) is 26.1 Å². The largest absolute Gasteiger partial charge is 0.444 e. The number of halogens is 1. The van der Waals surface area contributed by atoms with Crippen molar-refractivity contribution in [3.05, 3.63) is 22.6 Å². The quantitative estimate of drug-likeness (QED) is 0.936. The molecule has 16 heavy (non-hydrogen) atoms. The van der Waals surface area contributed by atoms with Gasteiger partial charge in [-0.3, -0.25) is 0 Å². The highest BCUT2D eigenvalue weighted by Gasteiger charge is 2.32. The number of rotatable bonds is 3. The molecular formula is C10H10BrN3O2. The van der Waals surface area contributed by atoms with Crippen molar-refractivity contribution in [1.82, 2.24) is 10.1 Å². The number of furan rings is 1. The first-order valence-corrected chi connectivity index (χ1v) is 5.88. The minimum absolute atomic E-state index is 0.115. The van der Waals surface area contributed by atoms with Gasteiger partial charge in [0.05, 0.1) is 6.04 Å². The van der Waals surface area contributed by atoms with Gasteiger partial charge in [-0.1, -0.05) is 5.16 Å². The Bertz CT molecular complexity index is 504. The van der Waals surface area contributed by atoms with Crippen molar-refractivity contribution >= 4 is 15.9 Å². The first kappa shape index (κ1) is 10.0. The molecule has 1 saturated carbocycles. The van der Waals surface area contributed by atoms with Crippen LogP contribution >= 0.6 is 15.9 Å². The maximum Gasteiger partial charge on any atom is 0.293 e. The van der Waals surface area contributed by atoms with Crippen LogP contribution in [0.5, 0.6) is 0 Å². The molecule has 1 atom stereocenters. The van der Waals surface area contributed by atoms with E-state index in [1.807, 2.05) is 0 Å².